The first-order valence-corrected chi connectivity index (χ1v) is 10.0. The molecule has 21 heavy (non-hydrogen) atoms. The molecule has 0 aromatic heterocycles. The summed E-state index contributed by atoms with van der Waals surface area (Å²) < 4.78 is 53.7. The van der Waals surface area contributed by atoms with Crippen molar-refractivity contribution < 1.29 is 25.2 Å². The lowest BCUT2D eigenvalue weighted by Crippen LogP contribution is -2.19. The van der Waals surface area contributed by atoms with Gasteiger partial charge in [0.1, 0.15) is 0 Å². The number of halogens is 2. The van der Waals surface area contributed by atoms with Crippen molar-refractivity contribution in [2.45, 2.75) is 5.92 Å². The summed E-state index contributed by atoms with van der Waals surface area (Å²) >= 11 is 11.8. The van der Waals surface area contributed by atoms with Gasteiger partial charge in [0.05, 0.1) is 25.7 Å². The maximum Gasteiger partial charge on any atom is 0.264 e. The van der Waals surface area contributed by atoms with Crippen LogP contribution < -0.4 is 0 Å². The maximum atomic E-state index is 11.1. The van der Waals surface area contributed by atoms with Gasteiger partial charge in [-0.3, -0.25) is 8.37 Å². The second kappa shape index (κ2) is 7.26. The Bertz CT molecular complexity index is 663. The molecule has 0 saturated carbocycles. The van der Waals surface area contributed by atoms with Gasteiger partial charge < -0.3 is 0 Å². The molecule has 10 heteroatoms. The molecule has 0 radical (unpaired) electrons. The predicted octanol–water partition coefficient (Wildman–Crippen LogP) is 2.03. The van der Waals surface area contributed by atoms with E-state index in [1.165, 1.54) is 6.07 Å². The minimum Gasteiger partial charge on any atom is -0.270 e. The van der Waals surface area contributed by atoms with Gasteiger partial charge in [-0.2, -0.15) is 16.8 Å². The van der Waals surface area contributed by atoms with E-state index >= 15 is 0 Å². The maximum absolute atomic E-state index is 11.1. The van der Waals surface area contributed by atoms with Gasteiger partial charge in [-0.15, -0.1) is 0 Å². The normalized spacial score (nSPS) is 12.8. The van der Waals surface area contributed by atoms with E-state index < -0.39 is 26.2 Å². The van der Waals surface area contributed by atoms with Gasteiger partial charge in [-0.1, -0.05) is 29.3 Å². The third-order valence-electron chi connectivity index (χ3n) is 2.37. The van der Waals surface area contributed by atoms with Crippen molar-refractivity contribution in [3.05, 3.63) is 33.8 Å². The molecule has 1 rings (SSSR count). The minimum absolute atomic E-state index is 0.265. The van der Waals surface area contributed by atoms with Crippen LogP contribution in [-0.4, -0.2) is 42.6 Å². The molecule has 0 aliphatic rings. The van der Waals surface area contributed by atoms with Gasteiger partial charge in [0.25, 0.3) is 20.2 Å². The van der Waals surface area contributed by atoms with Crippen LogP contribution in [0.4, 0.5) is 0 Å². The van der Waals surface area contributed by atoms with Crippen LogP contribution in [0.1, 0.15) is 11.5 Å². The summed E-state index contributed by atoms with van der Waals surface area (Å²) in [5, 5.41) is 0.664. The molecule has 0 spiro atoms. The lowest BCUT2D eigenvalue weighted by atomic mass is 10.0. The molecule has 120 valence electrons. The van der Waals surface area contributed by atoms with Gasteiger partial charge in [0, 0.05) is 16.0 Å². The minimum atomic E-state index is -3.68. The second-order valence-electron chi connectivity index (χ2n) is 4.34. The first kappa shape index (κ1) is 18.7. The van der Waals surface area contributed by atoms with Crippen LogP contribution in [-0.2, 0) is 28.6 Å². The lowest BCUT2D eigenvalue weighted by molar-refractivity contribution is 0.229. The fourth-order valence-electron chi connectivity index (χ4n) is 1.47. The van der Waals surface area contributed by atoms with Crippen LogP contribution in [0, 0.1) is 0 Å². The van der Waals surface area contributed by atoms with Gasteiger partial charge in [-0.25, -0.2) is 0 Å². The van der Waals surface area contributed by atoms with Crippen molar-refractivity contribution >= 4 is 43.4 Å². The molecule has 0 aliphatic heterocycles. The zero-order valence-corrected chi connectivity index (χ0v) is 14.4. The van der Waals surface area contributed by atoms with E-state index in [0.717, 1.165) is 12.5 Å². The van der Waals surface area contributed by atoms with Crippen LogP contribution in [0.25, 0.3) is 0 Å². The standard InChI is InChI=1S/C11H14Cl2O6S2/c1-20(14,15)18-6-8(7-19-21(2,16)17)10-4-3-9(12)5-11(10)13/h3-5,8H,6-7H2,1-2H3. The zero-order valence-electron chi connectivity index (χ0n) is 11.2. The quantitative estimate of drug-likeness (QED) is 0.676. The smallest absolute Gasteiger partial charge is 0.264 e. The van der Waals surface area contributed by atoms with E-state index in [4.69, 9.17) is 31.6 Å². The average molecular weight is 377 g/mol. The fraction of sp³-hybridized carbons (Fsp3) is 0.455. The van der Waals surface area contributed by atoms with Crippen molar-refractivity contribution in [3.63, 3.8) is 0 Å². The van der Waals surface area contributed by atoms with Crippen molar-refractivity contribution in [2.24, 2.45) is 0 Å². The van der Waals surface area contributed by atoms with Crippen LogP contribution in [0.2, 0.25) is 10.0 Å². The Morgan fingerprint density at radius 1 is 1.00 bits per heavy atom. The molecule has 0 heterocycles. The molecule has 0 aliphatic carbocycles. The largest absolute Gasteiger partial charge is 0.270 e. The Morgan fingerprint density at radius 2 is 1.48 bits per heavy atom. The molecule has 6 nitrogen and oxygen atoms in total. The van der Waals surface area contributed by atoms with Crippen LogP contribution >= 0.6 is 23.2 Å². The molecular formula is C11H14Cl2O6S2. The molecule has 0 fully saturated rings. The third-order valence-corrected chi connectivity index (χ3v) is 4.06. The Labute approximate surface area is 134 Å². The number of rotatable bonds is 7. The Kier molecular flexibility index (Phi) is 6.45. The van der Waals surface area contributed by atoms with Gasteiger partial charge in [0.15, 0.2) is 0 Å². The first-order chi connectivity index (χ1) is 9.48. The van der Waals surface area contributed by atoms with Crippen molar-refractivity contribution in [1.29, 1.82) is 0 Å². The van der Waals surface area contributed by atoms with E-state index in [9.17, 15) is 16.8 Å². The van der Waals surface area contributed by atoms with Crippen molar-refractivity contribution in [2.75, 3.05) is 25.7 Å². The Balaban J connectivity index is 2.99. The van der Waals surface area contributed by atoms with E-state index in [1.54, 1.807) is 12.1 Å². The fourth-order valence-corrected chi connectivity index (χ4v) is 2.86. The SMILES string of the molecule is CS(=O)(=O)OCC(COS(C)(=O)=O)c1ccc(Cl)cc1Cl. The Morgan fingerprint density at radius 3 is 1.86 bits per heavy atom. The molecule has 0 amide bonds. The predicted molar refractivity (Wildman–Crippen MR) is 80.8 cm³/mol. The molecule has 1 aromatic carbocycles. The summed E-state index contributed by atoms with van der Waals surface area (Å²) in [6.07, 6.45) is 1.79. The summed E-state index contributed by atoms with van der Waals surface area (Å²) in [4.78, 5) is 0. The number of benzene rings is 1. The summed E-state index contributed by atoms with van der Waals surface area (Å²) in [6.45, 7) is -0.592. The summed E-state index contributed by atoms with van der Waals surface area (Å²) in [7, 11) is -7.35. The molecule has 0 atom stereocenters. The molecule has 0 N–H and O–H groups in total. The lowest BCUT2D eigenvalue weighted by Gasteiger charge is -2.17. The summed E-state index contributed by atoms with van der Waals surface area (Å²) in [6, 6.07) is 4.58. The molecule has 1 aromatic rings. The molecular weight excluding hydrogens is 363 g/mol. The third kappa shape index (κ3) is 7.44. The Hall–Kier alpha value is -0.380. The monoisotopic (exact) mass is 376 g/mol. The molecule has 0 bridgehead atoms. The highest BCUT2D eigenvalue weighted by Crippen LogP contribution is 2.28. The van der Waals surface area contributed by atoms with Gasteiger partial charge >= 0.3 is 0 Å². The van der Waals surface area contributed by atoms with Gasteiger partial charge in [-0.05, 0) is 17.7 Å². The summed E-state index contributed by atoms with van der Waals surface area (Å²) in [5.74, 6) is -0.681. The number of hydrogen-bond acceptors (Lipinski definition) is 6. The highest BCUT2D eigenvalue weighted by Gasteiger charge is 2.20. The van der Waals surface area contributed by atoms with Gasteiger partial charge in [0.2, 0.25) is 0 Å². The van der Waals surface area contributed by atoms with E-state index in [2.05, 4.69) is 0 Å². The van der Waals surface area contributed by atoms with Crippen LogP contribution in [0.3, 0.4) is 0 Å². The van der Waals surface area contributed by atoms with Crippen molar-refractivity contribution in [3.8, 4) is 0 Å². The number of hydrogen-bond donors (Lipinski definition) is 0. The first-order valence-electron chi connectivity index (χ1n) is 5.62. The molecule has 0 saturated heterocycles. The van der Waals surface area contributed by atoms with E-state index in [-0.39, 0.29) is 18.2 Å². The average Bonchev–Trinajstić information content (AvgIpc) is 2.28. The van der Waals surface area contributed by atoms with Crippen LogP contribution in [0.5, 0.6) is 0 Å². The summed E-state index contributed by atoms with van der Waals surface area (Å²) in [5.41, 5.74) is 0.480. The molecule has 0 unspecified atom stereocenters. The van der Waals surface area contributed by atoms with Crippen molar-refractivity contribution in [1.82, 2.24) is 0 Å². The van der Waals surface area contributed by atoms with E-state index in [0.29, 0.717) is 10.6 Å². The highest BCUT2D eigenvalue weighted by molar-refractivity contribution is 7.86. The topological polar surface area (TPSA) is 86.7 Å². The highest BCUT2D eigenvalue weighted by atomic mass is 35.5. The van der Waals surface area contributed by atoms with Crippen LogP contribution in [0.15, 0.2) is 18.2 Å². The van der Waals surface area contributed by atoms with E-state index in [1.807, 2.05) is 0 Å². The zero-order chi connectivity index (χ0) is 16.3. The second-order valence-corrected chi connectivity index (χ2v) is 8.47.